The SMILES string of the molecule is O=C(NCc1ccccn1)c1cc(Nc2ccc(N3CCCCC3)cc2)ncn1. The first-order valence-corrected chi connectivity index (χ1v) is 9.90. The number of benzene rings is 1. The molecule has 148 valence electrons. The minimum absolute atomic E-state index is 0.262. The van der Waals surface area contributed by atoms with Crippen LogP contribution in [0.5, 0.6) is 0 Å². The summed E-state index contributed by atoms with van der Waals surface area (Å²) >= 11 is 0. The molecular formula is C22H24N6O. The van der Waals surface area contributed by atoms with E-state index >= 15 is 0 Å². The highest BCUT2D eigenvalue weighted by atomic mass is 16.1. The lowest BCUT2D eigenvalue weighted by Gasteiger charge is -2.28. The summed E-state index contributed by atoms with van der Waals surface area (Å²) in [4.78, 5) is 27.3. The standard InChI is InChI=1S/C22H24N6O/c29-22(24-15-18-6-2-3-11-23-18)20-14-21(26-16-25-20)27-17-7-9-19(10-8-17)28-12-4-1-5-13-28/h2-3,6-11,14,16H,1,4-5,12-13,15H2,(H,24,29)(H,25,26,27). The summed E-state index contributed by atoms with van der Waals surface area (Å²) < 4.78 is 0. The lowest BCUT2D eigenvalue weighted by atomic mass is 10.1. The molecule has 7 heteroatoms. The highest BCUT2D eigenvalue weighted by Gasteiger charge is 2.11. The first-order chi connectivity index (χ1) is 14.3. The average Bonchev–Trinajstić information content (AvgIpc) is 2.79. The van der Waals surface area contributed by atoms with Gasteiger partial charge in [0.25, 0.3) is 5.91 Å². The van der Waals surface area contributed by atoms with E-state index in [1.165, 1.54) is 31.3 Å². The fourth-order valence-electron chi connectivity index (χ4n) is 3.37. The quantitative estimate of drug-likeness (QED) is 0.672. The zero-order chi connectivity index (χ0) is 19.9. The van der Waals surface area contributed by atoms with Crippen molar-refractivity contribution in [2.24, 2.45) is 0 Å². The third kappa shape index (κ3) is 5.07. The molecule has 0 aliphatic carbocycles. The summed E-state index contributed by atoms with van der Waals surface area (Å²) in [6.45, 7) is 2.59. The number of carbonyl (C=O) groups excluding carboxylic acids is 1. The minimum Gasteiger partial charge on any atom is -0.372 e. The van der Waals surface area contributed by atoms with Crippen LogP contribution in [0.25, 0.3) is 0 Å². The van der Waals surface area contributed by atoms with E-state index in [0.29, 0.717) is 18.1 Å². The molecule has 2 aromatic heterocycles. The van der Waals surface area contributed by atoms with E-state index < -0.39 is 0 Å². The van der Waals surface area contributed by atoms with Crippen LogP contribution >= 0.6 is 0 Å². The molecule has 0 atom stereocenters. The van der Waals surface area contributed by atoms with Gasteiger partial charge in [0, 0.05) is 36.7 Å². The highest BCUT2D eigenvalue weighted by molar-refractivity contribution is 5.92. The van der Waals surface area contributed by atoms with E-state index in [9.17, 15) is 4.79 Å². The molecule has 7 nitrogen and oxygen atoms in total. The van der Waals surface area contributed by atoms with Crippen LogP contribution in [0.2, 0.25) is 0 Å². The molecule has 0 spiro atoms. The Hall–Kier alpha value is -3.48. The molecule has 3 aromatic rings. The predicted molar refractivity (Wildman–Crippen MR) is 113 cm³/mol. The van der Waals surface area contributed by atoms with E-state index in [1.807, 2.05) is 30.3 Å². The molecule has 0 saturated carbocycles. The first-order valence-electron chi connectivity index (χ1n) is 9.90. The fourth-order valence-corrected chi connectivity index (χ4v) is 3.37. The number of aromatic nitrogens is 3. The Kier molecular flexibility index (Phi) is 5.95. The third-order valence-corrected chi connectivity index (χ3v) is 4.92. The van der Waals surface area contributed by atoms with Gasteiger partial charge in [-0.05, 0) is 55.7 Å². The van der Waals surface area contributed by atoms with Gasteiger partial charge in [0.15, 0.2) is 0 Å². The Morgan fingerprint density at radius 3 is 2.55 bits per heavy atom. The summed E-state index contributed by atoms with van der Waals surface area (Å²) in [5, 5.41) is 6.07. The van der Waals surface area contributed by atoms with Gasteiger partial charge in [-0.15, -0.1) is 0 Å². The summed E-state index contributed by atoms with van der Waals surface area (Å²) in [5.41, 5.74) is 3.27. The second kappa shape index (κ2) is 9.14. The Bertz CT molecular complexity index is 939. The van der Waals surface area contributed by atoms with Crippen molar-refractivity contribution in [3.8, 4) is 0 Å². The van der Waals surface area contributed by atoms with Crippen LogP contribution in [0.4, 0.5) is 17.2 Å². The summed E-state index contributed by atoms with van der Waals surface area (Å²) in [7, 11) is 0. The number of amides is 1. The second-order valence-electron chi connectivity index (χ2n) is 7.01. The molecule has 1 aliphatic heterocycles. The largest absolute Gasteiger partial charge is 0.372 e. The normalized spacial score (nSPS) is 13.7. The van der Waals surface area contributed by atoms with Crippen molar-refractivity contribution in [2.75, 3.05) is 23.3 Å². The Morgan fingerprint density at radius 2 is 1.79 bits per heavy atom. The maximum absolute atomic E-state index is 12.4. The lowest BCUT2D eigenvalue weighted by Crippen LogP contribution is -2.29. The van der Waals surface area contributed by atoms with Gasteiger partial charge in [0.1, 0.15) is 17.8 Å². The number of rotatable bonds is 6. The molecule has 4 rings (SSSR count). The van der Waals surface area contributed by atoms with Gasteiger partial charge in [-0.25, -0.2) is 9.97 Å². The molecule has 3 heterocycles. The molecule has 1 aromatic carbocycles. The smallest absolute Gasteiger partial charge is 0.270 e. The van der Waals surface area contributed by atoms with Gasteiger partial charge in [-0.2, -0.15) is 0 Å². The first kappa shape index (κ1) is 18.9. The van der Waals surface area contributed by atoms with Crippen molar-refractivity contribution in [3.05, 3.63) is 72.4 Å². The van der Waals surface area contributed by atoms with Crippen LogP contribution in [-0.2, 0) is 6.54 Å². The zero-order valence-electron chi connectivity index (χ0n) is 16.2. The number of hydrogen-bond donors (Lipinski definition) is 2. The van der Waals surface area contributed by atoms with Gasteiger partial charge in [-0.3, -0.25) is 9.78 Å². The van der Waals surface area contributed by atoms with Crippen LogP contribution in [0.1, 0.15) is 35.4 Å². The molecule has 1 aliphatic rings. The van der Waals surface area contributed by atoms with Crippen molar-refractivity contribution in [1.82, 2.24) is 20.3 Å². The Labute approximate surface area is 170 Å². The maximum Gasteiger partial charge on any atom is 0.270 e. The van der Waals surface area contributed by atoms with E-state index in [4.69, 9.17) is 0 Å². The van der Waals surface area contributed by atoms with E-state index in [2.05, 4.69) is 42.6 Å². The summed E-state index contributed by atoms with van der Waals surface area (Å²) in [6, 6.07) is 15.5. The van der Waals surface area contributed by atoms with E-state index in [1.54, 1.807) is 12.3 Å². The molecule has 1 amide bonds. The van der Waals surface area contributed by atoms with Crippen molar-refractivity contribution in [1.29, 1.82) is 0 Å². The molecule has 1 fully saturated rings. The number of anilines is 3. The monoisotopic (exact) mass is 388 g/mol. The zero-order valence-corrected chi connectivity index (χ0v) is 16.2. The van der Waals surface area contributed by atoms with Gasteiger partial charge in [0.2, 0.25) is 0 Å². The molecular weight excluding hydrogens is 364 g/mol. The highest BCUT2D eigenvalue weighted by Crippen LogP contribution is 2.23. The molecule has 0 radical (unpaired) electrons. The topological polar surface area (TPSA) is 83.0 Å². The molecule has 0 bridgehead atoms. The van der Waals surface area contributed by atoms with Crippen molar-refractivity contribution >= 4 is 23.1 Å². The maximum atomic E-state index is 12.4. The fraction of sp³-hybridized carbons (Fsp3) is 0.273. The molecule has 29 heavy (non-hydrogen) atoms. The summed E-state index contributed by atoms with van der Waals surface area (Å²) in [5.74, 6) is 0.315. The van der Waals surface area contributed by atoms with Gasteiger partial charge >= 0.3 is 0 Å². The van der Waals surface area contributed by atoms with Gasteiger partial charge in [0.05, 0.1) is 12.2 Å². The van der Waals surface area contributed by atoms with Crippen LogP contribution < -0.4 is 15.5 Å². The van der Waals surface area contributed by atoms with Crippen molar-refractivity contribution in [3.63, 3.8) is 0 Å². The number of nitrogens with zero attached hydrogens (tertiary/aromatic N) is 4. The second-order valence-corrected chi connectivity index (χ2v) is 7.01. The van der Waals surface area contributed by atoms with Crippen LogP contribution in [0.15, 0.2) is 61.1 Å². The van der Waals surface area contributed by atoms with Gasteiger partial charge in [-0.1, -0.05) is 6.07 Å². The lowest BCUT2D eigenvalue weighted by molar-refractivity contribution is 0.0945. The Balaban J connectivity index is 1.37. The van der Waals surface area contributed by atoms with Gasteiger partial charge < -0.3 is 15.5 Å². The molecule has 2 N–H and O–H groups in total. The molecule has 1 saturated heterocycles. The van der Waals surface area contributed by atoms with Crippen LogP contribution in [0.3, 0.4) is 0 Å². The van der Waals surface area contributed by atoms with Crippen LogP contribution in [-0.4, -0.2) is 33.9 Å². The van der Waals surface area contributed by atoms with E-state index in [-0.39, 0.29) is 5.91 Å². The Morgan fingerprint density at radius 1 is 0.966 bits per heavy atom. The predicted octanol–water partition coefficient (Wildman–Crippen LogP) is 3.54. The summed E-state index contributed by atoms with van der Waals surface area (Å²) in [6.07, 6.45) is 6.92. The number of pyridine rings is 1. The third-order valence-electron chi connectivity index (χ3n) is 4.92. The number of nitrogens with one attached hydrogen (secondary N) is 2. The van der Waals surface area contributed by atoms with Crippen LogP contribution in [0, 0.1) is 0 Å². The number of carbonyl (C=O) groups is 1. The van der Waals surface area contributed by atoms with Crippen molar-refractivity contribution in [2.45, 2.75) is 25.8 Å². The number of hydrogen-bond acceptors (Lipinski definition) is 6. The average molecular weight is 388 g/mol. The number of piperidine rings is 1. The minimum atomic E-state index is -0.262. The van der Waals surface area contributed by atoms with Crippen molar-refractivity contribution < 1.29 is 4.79 Å². The van der Waals surface area contributed by atoms with E-state index in [0.717, 1.165) is 24.5 Å². The molecule has 0 unspecified atom stereocenters.